The van der Waals surface area contributed by atoms with Crippen molar-refractivity contribution in [3.05, 3.63) is 59.7 Å². The fourth-order valence-electron chi connectivity index (χ4n) is 4.32. The molecule has 0 spiro atoms. The number of carbonyl (C=O) groups is 2. The van der Waals surface area contributed by atoms with Crippen LogP contribution >= 0.6 is 0 Å². The number of nitrogens with one attached hydrogen (secondary N) is 2. The summed E-state index contributed by atoms with van der Waals surface area (Å²) in [6, 6.07) is 15.8. The van der Waals surface area contributed by atoms with E-state index in [-0.39, 0.29) is 23.8 Å². The topological polar surface area (TPSA) is 67.4 Å². The average Bonchev–Trinajstić information content (AvgIpc) is 2.82. The van der Waals surface area contributed by atoms with Gasteiger partial charge >= 0.3 is 5.97 Å². The van der Waals surface area contributed by atoms with E-state index < -0.39 is 0 Å². The summed E-state index contributed by atoms with van der Waals surface area (Å²) in [5.41, 5.74) is 4.10. The van der Waals surface area contributed by atoms with Crippen molar-refractivity contribution in [3.63, 3.8) is 0 Å². The molecule has 0 saturated carbocycles. The van der Waals surface area contributed by atoms with Crippen LogP contribution in [0.4, 0.5) is 0 Å². The number of hydrogen-bond donors (Lipinski definition) is 2. The monoisotopic (exact) mass is 422 g/mol. The van der Waals surface area contributed by atoms with Gasteiger partial charge in [-0.05, 0) is 80.4 Å². The number of esters is 1. The molecule has 1 saturated heterocycles. The SMILES string of the molecule is CCc1cccc(-c2ccc(C(=O)N[C@H](C)[C@@H](CC3CCCNC3)C(=O)OC)cc2)c1. The zero-order valence-corrected chi connectivity index (χ0v) is 18.8. The maximum absolute atomic E-state index is 12.8. The molecule has 1 amide bonds. The molecule has 0 aliphatic carbocycles. The first-order valence-electron chi connectivity index (χ1n) is 11.3. The molecule has 1 fully saturated rings. The molecule has 3 atom stereocenters. The van der Waals surface area contributed by atoms with Crippen molar-refractivity contribution in [2.24, 2.45) is 11.8 Å². The van der Waals surface area contributed by atoms with Gasteiger partial charge in [0.2, 0.25) is 0 Å². The van der Waals surface area contributed by atoms with E-state index in [1.807, 2.05) is 31.2 Å². The summed E-state index contributed by atoms with van der Waals surface area (Å²) >= 11 is 0. The van der Waals surface area contributed by atoms with E-state index in [4.69, 9.17) is 4.74 Å². The smallest absolute Gasteiger partial charge is 0.310 e. The quantitative estimate of drug-likeness (QED) is 0.625. The van der Waals surface area contributed by atoms with Gasteiger partial charge in [-0.1, -0.05) is 43.3 Å². The fourth-order valence-corrected chi connectivity index (χ4v) is 4.32. The Hall–Kier alpha value is -2.66. The first-order valence-corrected chi connectivity index (χ1v) is 11.3. The Morgan fingerprint density at radius 3 is 2.58 bits per heavy atom. The molecular weight excluding hydrogens is 388 g/mol. The fraction of sp³-hybridized carbons (Fsp3) is 0.462. The van der Waals surface area contributed by atoms with Gasteiger partial charge in [0.15, 0.2) is 0 Å². The summed E-state index contributed by atoms with van der Waals surface area (Å²) < 4.78 is 5.04. The summed E-state index contributed by atoms with van der Waals surface area (Å²) in [6.45, 7) is 5.97. The van der Waals surface area contributed by atoms with Gasteiger partial charge in [-0.25, -0.2) is 0 Å². The number of methoxy groups -OCH3 is 1. The summed E-state index contributed by atoms with van der Waals surface area (Å²) in [5.74, 6) is -0.355. The van der Waals surface area contributed by atoms with Crippen LogP contribution in [0.25, 0.3) is 11.1 Å². The van der Waals surface area contributed by atoms with Crippen LogP contribution in [0.15, 0.2) is 48.5 Å². The molecule has 2 aromatic rings. The molecule has 166 valence electrons. The Bertz CT molecular complexity index is 872. The Labute approximate surface area is 185 Å². The van der Waals surface area contributed by atoms with E-state index in [9.17, 15) is 9.59 Å². The number of hydrogen-bond acceptors (Lipinski definition) is 4. The average molecular weight is 423 g/mol. The molecule has 5 nitrogen and oxygen atoms in total. The van der Waals surface area contributed by atoms with Gasteiger partial charge in [0.1, 0.15) is 0 Å². The lowest BCUT2D eigenvalue weighted by atomic mass is 9.85. The third-order valence-corrected chi connectivity index (χ3v) is 6.27. The summed E-state index contributed by atoms with van der Waals surface area (Å²) in [6.07, 6.45) is 3.92. The Morgan fingerprint density at radius 2 is 1.94 bits per heavy atom. The first kappa shape index (κ1) is 23.0. The highest BCUT2D eigenvalue weighted by atomic mass is 16.5. The Morgan fingerprint density at radius 1 is 1.16 bits per heavy atom. The molecule has 3 rings (SSSR count). The number of piperidine rings is 1. The molecule has 1 aliphatic heterocycles. The second kappa shape index (κ2) is 11.1. The van der Waals surface area contributed by atoms with E-state index in [1.54, 1.807) is 0 Å². The molecular formula is C26H34N2O3. The standard InChI is InChI=1S/C26H34N2O3/c1-4-19-7-5-9-23(15-19)21-10-12-22(13-11-21)25(29)28-18(2)24(26(30)31-3)16-20-8-6-14-27-17-20/h5,7,9-13,15,18,20,24,27H,4,6,8,14,16-17H2,1-3H3,(H,28,29)/t18-,20?,24-/m1/s1. The Balaban J connectivity index is 1.66. The molecule has 0 radical (unpaired) electrons. The van der Waals surface area contributed by atoms with Gasteiger partial charge < -0.3 is 15.4 Å². The number of benzene rings is 2. The van der Waals surface area contributed by atoms with Crippen LogP contribution in [0.5, 0.6) is 0 Å². The van der Waals surface area contributed by atoms with Crippen LogP contribution in [0, 0.1) is 11.8 Å². The summed E-state index contributed by atoms with van der Waals surface area (Å²) in [5, 5.41) is 6.41. The molecule has 0 bridgehead atoms. The van der Waals surface area contributed by atoms with E-state index in [0.29, 0.717) is 17.9 Å². The van der Waals surface area contributed by atoms with Gasteiger partial charge in [0.05, 0.1) is 13.0 Å². The predicted octanol–water partition coefficient (Wildman–Crippen LogP) is 4.21. The zero-order valence-electron chi connectivity index (χ0n) is 18.8. The van der Waals surface area contributed by atoms with Crippen molar-refractivity contribution in [1.29, 1.82) is 0 Å². The summed E-state index contributed by atoms with van der Waals surface area (Å²) in [7, 11) is 1.41. The second-order valence-electron chi connectivity index (χ2n) is 8.47. The molecule has 31 heavy (non-hydrogen) atoms. The number of amides is 1. The van der Waals surface area contributed by atoms with Crippen LogP contribution in [0.2, 0.25) is 0 Å². The van der Waals surface area contributed by atoms with Gasteiger partial charge in [-0.3, -0.25) is 9.59 Å². The van der Waals surface area contributed by atoms with Crippen LogP contribution < -0.4 is 10.6 Å². The number of carbonyl (C=O) groups excluding carboxylic acids is 2. The minimum absolute atomic E-state index is 0.169. The van der Waals surface area contributed by atoms with Gasteiger partial charge in [-0.15, -0.1) is 0 Å². The molecule has 0 aromatic heterocycles. The predicted molar refractivity (Wildman–Crippen MR) is 124 cm³/mol. The lowest BCUT2D eigenvalue weighted by molar-refractivity contribution is -0.147. The third kappa shape index (κ3) is 6.17. The molecule has 1 heterocycles. The molecule has 1 unspecified atom stereocenters. The van der Waals surface area contributed by atoms with Crippen molar-refractivity contribution in [2.45, 2.75) is 45.6 Å². The minimum Gasteiger partial charge on any atom is -0.469 e. The largest absolute Gasteiger partial charge is 0.469 e. The van der Waals surface area contributed by atoms with E-state index in [0.717, 1.165) is 43.5 Å². The maximum Gasteiger partial charge on any atom is 0.310 e. The number of rotatable bonds is 8. The number of aryl methyl sites for hydroxylation is 1. The van der Waals surface area contributed by atoms with Gasteiger partial charge in [0.25, 0.3) is 5.91 Å². The highest BCUT2D eigenvalue weighted by Crippen LogP contribution is 2.24. The van der Waals surface area contributed by atoms with Crippen molar-refractivity contribution < 1.29 is 14.3 Å². The lowest BCUT2D eigenvalue weighted by Crippen LogP contribution is -2.44. The number of ether oxygens (including phenoxy) is 1. The highest BCUT2D eigenvalue weighted by molar-refractivity contribution is 5.95. The maximum atomic E-state index is 12.8. The van der Waals surface area contributed by atoms with Crippen molar-refractivity contribution >= 4 is 11.9 Å². The van der Waals surface area contributed by atoms with E-state index in [1.165, 1.54) is 12.7 Å². The van der Waals surface area contributed by atoms with Gasteiger partial charge in [-0.2, -0.15) is 0 Å². The third-order valence-electron chi connectivity index (χ3n) is 6.27. The molecule has 1 aliphatic rings. The van der Waals surface area contributed by atoms with Crippen LogP contribution in [0.1, 0.15) is 49.0 Å². The highest BCUT2D eigenvalue weighted by Gasteiger charge is 2.30. The van der Waals surface area contributed by atoms with Crippen molar-refractivity contribution in [3.8, 4) is 11.1 Å². The van der Waals surface area contributed by atoms with Crippen molar-refractivity contribution in [1.82, 2.24) is 10.6 Å². The minimum atomic E-state index is -0.352. The van der Waals surface area contributed by atoms with E-state index >= 15 is 0 Å². The van der Waals surface area contributed by atoms with Crippen LogP contribution in [-0.4, -0.2) is 38.1 Å². The normalized spacial score (nSPS) is 18.1. The molecule has 2 N–H and O–H groups in total. The van der Waals surface area contributed by atoms with Crippen molar-refractivity contribution in [2.75, 3.05) is 20.2 Å². The Kier molecular flexibility index (Phi) is 8.24. The molecule has 5 heteroatoms. The zero-order chi connectivity index (χ0) is 22.2. The lowest BCUT2D eigenvalue weighted by Gasteiger charge is -2.29. The second-order valence-corrected chi connectivity index (χ2v) is 8.47. The summed E-state index contributed by atoms with van der Waals surface area (Å²) in [4.78, 5) is 25.2. The molecule has 2 aromatic carbocycles. The van der Waals surface area contributed by atoms with Crippen LogP contribution in [0.3, 0.4) is 0 Å². The van der Waals surface area contributed by atoms with Gasteiger partial charge in [0, 0.05) is 11.6 Å². The van der Waals surface area contributed by atoms with E-state index in [2.05, 4.69) is 41.8 Å². The van der Waals surface area contributed by atoms with Crippen LogP contribution in [-0.2, 0) is 16.0 Å². The first-order chi connectivity index (χ1) is 15.0.